The van der Waals surface area contributed by atoms with Crippen molar-refractivity contribution in [1.29, 1.82) is 0 Å². The van der Waals surface area contributed by atoms with E-state index in [1.54, 1.807) is 18.3 Å². The van der Waals surface area contributed by atoms with Gasteiger partial charge in [0.15, 0.2) is 5.76 Å². The van der Waals surface area contributed by atoms with Crippen LogP contribution >= 0.6 is 0 Å². The summed E-state index contributed by atoms with van der Waals surface area (Å²) in [4.78, 5) is 14.0. The first-order chi connectivity index (χ1) is 10.7. The van der Waals surface area contributed by atoms with E-state index in [1.165, 1.54) is 12.1 Å². The molecule has 0 radical (unpaired) electrons. The number of morpholine rings is 1. The van der Waals surface area contributed by atoms with Gasteiger partial charge in [-0.05, 0) is 30.7 Å². The van der Waals surface area contributed by atoms with E-state index in [1.807, 2.05) is 4.90 Å². The minimum absolute atomic E-state index is 0.106. The second-order valence-electron chi connectivity index (χ2n) is 5.18. The van der Waals surface area contributed by atoms with Crippen molar-refractivity contribution in [3.63, 3.8) is 0 Å². The molecule has 1 aromatic carbocycles. The number of aryl methyl sites for hydroxylation is 1. The molecule has 1 fully saturated rings. The van der Waals surface area contributed by atoms with Crippen molar-refractivity contribution in [2.45, 2.75) is 12.8 Å². The van der Waals surface area contributed by atoms with E-state index in [2.05, 4.69) is 5.16 Å². The van der Waals surface area contributed by atoms with Gasteiger partial charge in [0.25, 0.3) is 0 Å². The number of halogens is 1. The highest BCUT2D eigenvalue weighted by atomic mass is 19.1. The van der Waals surface area contributed by atoms with Crippen molar-refractivity contribution in [3.05, 3.63) is 41.8 Å². The van der Waals surface area contributed by atoms with Crippen LogP contribution in [0.3, 0.4) is 0 Å². The maximum Gasteiger partial charge on any atom is 0.223 e. The van der Waals surface area contributed by atoms with Crippen LogP contribution < -0.4 is 0 Å². The van der Waals surface area contributed by atoms with E-state index in [-0.39, 0.29) is 11.7 Å². The lowest BCUT2D eigenvalue weighted by molar-refractivity contribution is -0.135. The van der Waals surface area contributed by atoms with Gasteiger partial charge in [0.2, 0.25) is 5.91 Å². The summed E-state index contributed by atoms with van der Waals surface area (Å²) in [6, 6.07) is 6.04. The molecule has 1 aliphatic rings. The maximum absolute atomic E-state index is 13.0. The van der Waals surface area contributed by atoms with Crippen LogP contribution in [0.5, 0.6) is 0 Å². The first kappa shape index (κ1) is 14.7. The first-order valence-electron chi connectivity index (χ1n) is 7.29. The van der Waals surface area contributed by atoms with Crippen molar-refractivity contribution in [1.82, 2.24) is 10.1 Å². The predicted molar refractivity (Wildman–Crippen MR) is 77.6 cm³/mol. The molecule has 0 aliphatic carbocycles. The quantitative estimate of drug-likeness (QED) is 0.869. The number of hydrogen-bond donors (Lipinski definition) is 0. The van der Waals surface area contributed by atoms with Crippen LogP contribution in [0.4, 0.5) is 4.39 Å². The lowest BCUT2D eigenvalue weighted by Crippen LogP contribution is -2.40. The molecule has 0 bridgehead atoms. The van der Waals surface area contributed by atoms with Gasteiger partial charge in [0.05, 0.1) is 19.4 Å². The SMILES string of the molecule is O=C(CCc1cnoc1-c1ccc(F)cc1)N1CCOCC1. The van der Waals surface area contributed by atoms with Crippen LogP contribution in [0.2, 0.25) is 0 Å². The van der Waals surface area contributed by atoms with E-state index in [0.717, 1.165) is 11.1 Å². The Hall–Kier alpha value is -2.21. The summed E-state index contributed by atoms with van der Waals surface area (Å²) in [5.41, 5.74) is 1.61. The molecule has 6 heteroatoms. The number of carbonyl (C=O) groups is 1. The van der Waals surface area contributed by atoms with E-state index in [4.69, 9.17) is 9.26 Å². The number of aromatic nitrogens is 1. The molecule has 1 saturated heterocycles. The van der Waals surface area contributed by atoms with Crippen molar-refractivity contribution < 1.29 is 18.4 Å². The van der Waals surface area contributed by atoms with Crippen LogP contribution in [-0.2, 0) is 16.0 Å². The molecule has 116 valence electrons. The minimum atomic E-state index is -0.299. The van der Waals surface area contributed by atoms with Crippen molar-refractivity contribution in [2.75, 3.05) is 26.3 Å². The molecule has 0 N–H and O–H groups in total. The number of hydrogen-bond acceptors (Lipinski definition) is 4. The number of ether oxygens (including phenoxy) is 1. The summed E-state index contributed by atoms with van der Waals surface area (Å²) in [7, 11) is 0. The fourth-order valence-electron chi connectivity index (χ4n) is 2.49. The molecule has 3 rings (SSSR count). The fraction of sp³-hybridized carbons (Fsp3) is 0.375. The van der Waals surface area contributed by atoms with Gasteiger partial charge in [0, 0.05) is 30.6 Å². The maximum atomic E-state index is 13.0. The largest absolute Gasteiger partial charge is 0.378 e. The molecule has 5 nitrogen and oxygen atoms in total. The first-order valence-corrected chi connectivity index (χ1v) is 7.29. The number of amides is 1. The molecule has 0 unspecified atom stereocenters. The van der Waals surface area contributed by atoms with Crippen molar-refractivity contribution in [3.8, 4) is 11.3 Å². The number of rotatable bonds is 4. The standard InChI is InChI=1S/C16H17FN2O3/c17-14-4-1-12(2-5-14)16-13(11-18-22-16)3-6-15(20)19-7-9-21-10-8-19/h1-2,4-5,11H,3,6-10H2. The smallest absolute Gasteiger partial charge is 0.223 e. The Morgan fingerprint density at radius 2 is 1.95 bits per heavy atom. The lowest BCUT2D eigenvalue weighted by Gasteiger charge is -2.26. The third-order valence-corrected chi connectivity index (χ3v) is 3.72. The molecule has 2 aromatic rings. The lowest BCUT2D eigenvalue weighted by atomic mass is 10.1. The Morgan fingerprint density at radius 3 is 2.68 bits per heavy atom. The average molecular weight is 304 g/mol. The molecule has 22 heavy (non-hydrogen) atoms. The zero-order valence-corrected chi connectivity index (χ0v) is 12.1. The van der Waals surface area contributed by atoms with Crippen LogP contribution in [0.25, 0.3) is 11.3 Å². The molecule has 0 atom stereocenters. The average Bonchev–Trinajstić information content (AvgIpc) is 3.02. The number of carbonyl (C=O) groups excluding carboxylic acids is 1. The molecule has 2 heterocycles. The normalized spacial score (nSPS) is 15.0. The summed E-state index contributed by atoms with van der Waals surface area (Å²) in [5, 5.41) is 3.80. The van der Waals surface area contributed by atoms with E-state index in [9.17, 15) is 9.18 Å². The Balaban J connectivity index is 1.65. The van der Waals surface area contributed by atoms with Gasteiger partial charge in [-0.15, -0.1) is 0 Å². The van der Waals surface area contributed by atoms with Gasteiger partial charge < -0.3 is 14.2 Å². The summed E-state index contributed by atoms with van der Waals surface area (Å²) >= 11 is 0. The highest BCUT2D eigenvalue weighted by molar-refractivity contribution is 5.77. The van der Waals surface area contributed by atoms with Crippen LogP contribution in [0.15, 0.2) is 35.0 Å². The van der Waals surface area contributed by atoms with Gasteiger partial charge in [0.1, 0.15) is 5.82 Å². The Bertz CT molecular complexity index is 633. The second kappa shape index (κ2) is 6.70. The van der Waals surface area contributed by atoms with Gasteiger partial charge in [-0.1, -0.05) is 5.16 Å². The number of nitrogens with zero attached hydrogens (tertiary/aromatic N) is 2. The van der Waals surface area contributed by atoms with Gasteiger partial charge in [-0.25, -0.2) is 4.39 Å². The topological polar surface area (TPSA) is 55.6 Å². The summed E-state index contributed by atoms with van der Waals surface area (Å²) in [6.07, 6.45) is 2.56. The Labute approximate surface area is 127 Å². The van der Waals surface area contributed by atoms with E-state index < -0.39 is 0 Å². The molecule has 0 spiro atoms. The van der Waals surface area contributed by atoms with E-state index >= 15 is 0 Å². The zero-order chi connectivity index (χ0) is 15.4. The molecule has 1 amide bonds. The summed E-state index contributed by atoms with van der Waals surface area (Å²) in [6.45, 7) is 2.49. The van der Waals surface area contributed by atoms with Gasteiger partial charge in [-0.3, -0.25) is 4.79 Å². The van der Waals surface area contributed by atoms with E-state index in [0.29, 0.717) is 44.9 Å². The molecular weight excluding hydrogens is 287 g/mol. The minimum Gasteiger partial charge on any atom is -0.378 e. The second-order valence-corrected chi connectivity index (χ2v) is 5.18. The molecule has 1 aliphatic heterocycles. The highest BCUT2D eigenvalue weighted by Gasteiger charge is 2.18. The number of benzene rings is 1. The van der Waals surface area contributed by atoms with Gasteiger partial charge in [-0.2, -0.15) is 0 Å². The zero-order valence-electron chi connectivity index (χ0n) is 12.1. The summed E-state index contributed by atoms with van der Waals surface area (Å²) < 4.78 is 23.5. The van der Waals surface area contributed by atoms with Crippen LogP contribution in [0.1, 0.15) is 12.0 Å². The van der Waals surface area contributed by atoms with Crippen molar-refractivity contribution >= 4 is 5.91 Å². The van der Waals surface area contributed by atoms with Gasteiger partial charge >= 0.3 is 0 Å². The molecular formula is C16H17FN2O3. The summed E-state index contributed by atoms with van der Waals surface area (Å²) in [5.74, 6) is 0.400. The Kier molecular flexibility index (Phi) is 4.48. The monoisotopic (exact) mass is 304 g/mol. The highest BCUT2D eigenvalue weighted by Crippen LogP contribution is 2.25. The molecule has 0 saturated carbocycles. The fourth-order valence-corrected chi connectivity index (χ4v) is 2.49. The molecule has 1 aromatic heterocycles. The Morgan fingerprint density at radius 1 is 1.23 bits per heavy atom. The third kappa shape index (κ3) is 3.33. The van der Waals surface area contributed by atoms with Crippen molar-refractivity contribution in [2.24, 2.45) is 0 Å². The predicted octanol–water partition coefficient (Wildman–Crippen LogP) is 2.27. The van der Waals surface area contributed by atoms with Crippen LogP contribution in [0, 0.1) is 5.82 Å². The third-order valence-electron chi connectivity index (χ3n) is 3.72. The van der Waals surface area contributed by atoms with Crippen LogP contribution in [-0.4, -0.2) is 42.3 Å².